The molecule has 0 saturated carbocycles. The summed E-state index contributed by atoms with van der Waals surface area (Å²) in [6, 6.07) is -1.01. The van der Waals surface area contributed by atoms with Crippen molar-refractivity contribution in [3.05, 3.63) is 0 Å². The third-order valence-corrected chi connectivity index (χ3v) is 13.2. The maximum atomic E-state index is 13.6. The summed E-state index contributed by atoms with van der Waals surface area (Å²) in [5, 5.41) is 23.9. The van der Waals surface area contributed by atoms with Gasteiger partial charge in [-0.3, -0.25) is 14.4 Å². The minimum absolute atomic E-state index is 0.0397. The van der Waals surface area contributed by atoms with E-state index in [0.717, 1.165) is 57.8 Å². The van der Waals surface area contributed by atoms with Gasteiger partial charge in [-0.15, -0.1) is 0 Å². The predicted molar refractivity (Wildman–Crippen MR) is 256 cm³/mol. The van der Waals surface area contributed by atoms with Crippen LogP contribution >= 0.6 is 0 Å². The number of amides is 1. The van der Waals surface area contributed by atoms with Crippen molar-refractivity contribution in [1.82, 2.24) is 5.32 Å². The molecule has 9 heteroatoms. The van der Waals surface area contributed by atoms with E-state index in [1.54, 1.807) is 6.92 Å². The molecule has 1 fully saturated rings. The molecule has 1 heterocycles. The zero-order valence-electron chi connectivity index (χ0n) is 41.1. The molecule has 1 amide bonds. The summed E-state index contributed by atoms with van der Waals surface area (Å²) in [6.07, 6.45) is 40.0. The third-order valence-electron chi connectivity index (χ3n) is 13.2. The van der Waals surface area contributed by atoms with Gasteiger partial charge in [-0.2, -0.15) is 0 Å². The summed E-state index contributed by atoms with van der Waals surface area (Å²) in [5.74, 6) is -1.48. The quantitative estimate of drug-likeness (QED) is 0.0407. The topological polar surface area (TPSA) is 131 Å². The van der Waals surface area contributed by atoms with Crippen LogP contribution in [0.1, 0.15) is 278 Å². The van der Waals surface area contributed by atoms with Gasteiger partial charge in [0.2, 0.25) is 5.91 Å². The Morgan fingerprint density at radius 2 is 0.887 bits per heavy atom. The molecule has 0 aromatic heterocycles. The van der Waals surface area contributed by atoms with Crippen molar-refractivity contribution < 1.29 is 38.8 Å². The zero-order valence-corrected chi connectivity index (χ0v) is 41.1. The summed E-state index contributed by atoms with van der Waals surface area (Å²) < 4.78 is 17.6. The fourth-order valence-electron chi connectivity index (χ4n) is 9.00. The predicted octanol–water partition coefficient (Wildman–Crippen LogP) is 13.9. The Morgan fingerprint density at radius 3 is 1.27 bits per heavy atom. The van der Waals surface area contributed by atoms with Crippen LogP contribution in [-0.4, -0.2) is 65.3 Å². The molecule has 3 N–H and O–H groups in total. The minimum Gasteiger partial charge on any atom is -0.462 e. The molecule has 9 nitrogen and oxygen atoms in total. The van der Waals surface area contributed by atoms with Gasteiger partial charge >= 0.3 is 11.9 Å². The fraction of sp³-hybridized carbons (Fsp3) is 0.943. The number of carbonyl (C=O) groups is 3. The Labute approximate surface area is 382 Å². The van der Waals surface area contributed by atoms with E-state index in [9.17, 15) is 24.6 Å². The highest BCUT2D eigenvalue weighted by Gasteiger charge is 2.46. The Balaban J connectivity index is 2.62. The number of esters is 2. The first kappa shape index (κ1) is 58.3. The van der Waals surface area contributed by atoms with Crippen LogP contribution in [0.15, 0.2) is 0 Å². The molecule has 1 aliphatic heterocycles. The number of carbonyl (C=O) groups excluding carboxylic acids is 3. The summed E-state index contributed by atoms with van der Waals surface area (Å²) in [7, 11) is 0. The number of rotatable bonds is 44. The summed E-state index contributed by atoms with van der Waals surface area (Å²) in [6.45, 7) is 8.21. The lowest BCUT2D eigenvalue weighted by Gasteiger charge is -2.43. The van der Waals surface area contributed by atoms with Gasteiger partial charge in [-0.1, -0.05) is 233 Å². The minimum atomic E-state index is -1.46. The molecule has 0 aliphatic carbocycles. The van der Waals surface area contributed by atoms with Crippen molar-refractivity contribution in [2.45, 2.75) is 309 Å². The summed E-state index contributed by atoms with van der Waals surface area (Å²) in [5.41, 5.74) is 0. The average Bonchev–Trinajstić information content (AvgIpc) is 3.25. The second kappa shape index (κ2) is 42.0. The van der Waals surface area contributed by atoms with E-state index in [1.165, 1.54) is 167 Å². The van der Waals surface area contributed by atoms with Crippen LogP contribution in [0.5, 0.6) is 0 Å². The molecule has 0 aromatic carbocycles. The lowest BCUT2D eigenvalue weighted by Crippen LogP contribution is -2.62. The normalized spacial score (nSPS) is 19.4. The van der Waals surface area contributed by atoms with Crippen molar-refractivity contribution in [3.8, 4) is 0 Å². The molecule has 0 bridgehead atoms. The average molecular weight is 880 g/mol. The first-order chi connectivity index (χ1) is 30.3. The van der Waals surface area contributed by atoms with E-state index in [4.69, 9.17) is 14.2 Å². The van der Waals surface area contributed by atoms with E-state index in [0.29, 0.717) is 12.8 Å². The van der Waals surface area contributed by atoms with E-state index < -0.39 is 36.6 Å². The Morgan fingerprint density at radius 1 is 0.532 bits per heavy atom. The lowest BCUT2D eigenvalue weighted by atomic mass is 9.89. The van der Waals surface area contributed by atoms with Crippen LogP contribution in [-0.2, 0) is 28.6 Å². The second-order valence-corrected chi connectivity index (χ2v) is 19.1. The summed E-state index contributed by atoms with van der Waals surface area (Å²) >= 11 is 0. The lowest BCUT2D eigenvalue weighted by molar-refractivity contribution is -0.241. The van der Waals surface area contributed by atoms with Gasteiger partial charge in [0.05, 0.1) is 19.1 Å². The van der Waals surface area contributed by atoms with E-state index in [1.807, 2.05) is 0 Å². The van der Waals surface area contributed by atoms with Gasteiger partial charge in [0.15, 0.2) is 6.29 Å². The number of aliphatic hydroxyl groups is 2. The molecular formula is C53H101NO8. The highest BCUT2D eigenvalue weighted by Crippen LogP contribution is 2.29. The fourth-order valence-corrected chi connectivity index (χ4v) is 9.00. The molecule has 1 rings (SSSR count). The molecule has 0 aromatic rings. The molecule has 0 spiro atoms. The van der Waals surface area contributed by atoms with E-state index in [2.05, 4.69) is 26.1 Å². The number of aliphatic hydroxyl groups excluding tert-OH is 2. The van der Waals surface area contributed by atoms with Gasteiger partial charge in [-0.25, -0.2) is 0 Å². The highest BCUT2D eigenvalue weighted by molar-refractivity contribution is 5.78. The number of hydrogen-bond donors (Lipinski definition) is 3. The van der Waals surface area contributed by atoms with E-state index >= 15 is 0 Å². The van der Waals surface area contributed by atoms with Crippen LogP contribution in [0.4, 0.5) is 0 Å². The smallest absolute Gasteiger partial charge is 0.306 e. The SMILES string of the molecule is CCCCCCCCCCCCCCCC(=O)O[C@H](CCCCCCCCCCC)CC(=O)N[C@H]1C(O)O[C@H](CO)[C@@H](C)[C@@H]1OC(=O)CCCCCCCCCCCCCCC. The van der Waals surface area contributed by atoms with Gasteiger partial charge in [-0.05, 0) is 25.7 Å². The van der Waals surface area contributed by atoms with Crippen LogP contribution in [0.25, 0.3) is 0 Å². The molecule has 1 aliphatic rings. The molecule has 366 valence electrons. The van der Waals surface area contributed by atoms with Gasteiger partial charge in [0, 0.05) is 18.8 Å². The Hall–Kier alpha value is -1.71. The standard InChI is InChI=1S/C53H101NO8/c1-5-8-11-14-17-20-22-24-26-29-32-35-38-41-49(57)60-46(40-37-34-31-28-19-16-13-10-7-3)43-48(56)54-51-52(45(4)47(44-55)61-53(51)59)62-50(58)42-39-36-33-30-27-25-23-21-18-15-12-9-6-2/h45-47,51-53,55,59H,5-44H2,1-4H3,(H,54,56)/t45-,46-,47-,51-,52+,53?/m1/s1. The van der Waals surface area contributed by atoms with Crippen molar-refractivity contribution in [3.63, 3.8) is 0 Å². The van der Waals surface area contributed by atoms with Crippen LogP contribution in [0.2, 0.25) is 0 Å². The molecule has 62 heavy (non-hydrogen) atoms. The van der Waals surface area contributed by atoms with Crippen molar-refractivity contribution in [2.24, 2.45) is 5.92 Å². The maximum Gasteiger partial charge on any atom is 0.306 e. The number of ether oxygens (including phenoxy) is 3. The van der Waals surface area contributed by atoms with Crippen molar-refractivity contribution >= 4 is 17.8 Å². The van der Waals surface area contributed by atoms with Crippen molar-refractivity contribution in [2.75, 3.05) is 6.61 Å². The highest BCUT2D eigenvalue weighted by atomic mass is 16.6. The maximum absolute atomic E-state index is 13.6. The van der Waals surface area contributed by atoms with Gasteiger partial charge in [0.1, 0.15) is 18.2 Å². The first-order valence-corrected chi connectivity index (χ1v) is 26.9. The molecule has 1 saturated heterocycles. The largest absolute Gasteiger partial charge is 0.462 e. The molecule has 0 radical (unpaired) electrons. The van der Waals surface area contributed by atoms with Gasteiger partial charge < -0.3 is 29.7 Å². The van der Waals surface area contributed by atoms with Crippen LogP contribution in [0.3, 0.4) is 0 Å². The number of hydrogen-bond acceptors (Lipinski definition) is 8. The second-order valence-electron chi connectivity index (χ2n) is 19.1. The monoisotopic (exact) mass is 880 g/mol. The van der Waals surface area contributed by atoms with Gasteiger partial charge in [0.25, 0.3) is 0 Å². The molecular weight excluding hydrogens is 779 g/mol. The number of unbranched alkanes of at least 4 members (excludes halogenated alkanes) is 32. The molecule has 1 unspecified atom stereocenters. The zero-order chi connectivity index (χ0) is 45.3. The van der Waals surface area contributed by atoms with Crippen LogP contribution < -0.4 is 5.32 Å². The Bertz CT molecular complexity index is 1040. The third kappa shape index (κ3) is 32.0. The van der Waals surface area contributed by atoms with Crippen LogP contribution in [0, 0.1) is 5.92 Å². The molecule has 6 atom stereocenters. The van der Waals surface area contributed by atoms with Crippen molar-refractivity contribution in [1.29, 1.82) is 0 Å². The number of nitrogens with one attached hydrogen (secondary N) is 1. The summed E-state index contributed by atoms with van der Waals surface area (Å²) in [4.78, 5) is 39.8. The first-order valence-electron chi connectivity index (χ1n) is 26.9. The Kier molecular flexibility index (Phi) is 39.5. The van der Waals surface area contributed by atoms with E-state index in [-0.39, 0.29) is 37.3 Å².